The summed E-state index contributed by atoms with van der Waals surface area (Å²) >= 11 is 7.93. The lowest BCUT2D eigenvalue weighted by molar-refractivity contribution is 0.652. The van der Waals surface area contributed by atoms with E-state index in [-0.39, 0.29) is 0 Å². The van der Waals surface area contributed by atoms with Crippen molar-refractivity contribution in [2.24, 2.45) is 0 Å². The Morgan fingerprint density at radius 3 is 2.52 bits per heavy atom. The van der Waals surface area contributed by atoms with Crippen LogP contribution in [-0.4, -0.2) is 7.05 Å². The van der Waals surface area contributed by atoms with E-state index in [1.807, 2.05) is 13.1 Å². The van der Waals surface area contributed by atoms with Gasteiger partial charge in [-0.15, -0.1) is 11.8 Å². The van der Waals surface area contributed by atoms with Crippen molar-refractivity contribution in [1.29, 1.82) is 5.26 Å². The van der Waals surface area contributed by atoms with Crippen molar-refractivity contribution < 1.29 is 0 Å². The third kappa shape index (κ3) is 4.25. The van der Waals surface area contributed by atoms with E-state index < -0.39 is 0 Å². The van der Waals surface area contributed by atoms with Crippen LogP contribution in [0.4, 0.5) is 0 Å². The zero-order valence-corrected chi connectivity index (χ0v) is 13.6. The summed E-state index contributed by atoms with van der Waals surface area (Å²) in [5, 5.41) is 12.7. The van der Waals surface area contributed by atoms with Gasteiger partial charge in [0.2, 0.25) is 0 Å². The normalized spacial score (nSPS) is 11.9. The van der Waals surface area contributed by atoms with Gasteiger partial charge in [0.05, 0.1) is 11.6 Å². The van der Waals surface area contributed by atoms with Gasteiger partial charge >= 0.3 is 0 Å². The Kier molecular flexibility index (Phi) is 5.69. The predicted octanol–water partition coefficient (Wildman–Crippen LogP) is 4.78. The lowest BCUT2D eigenvalue weighted by atomic mass is 10.1. The molecule has 2 aromatic carbocycles. The number of nitrogens with one attached hydrogen (secondary N) is 1. The predicted molar refractivity (Wildman–Crippen MR) is 89.6 cm³/mol. The van der Waals surface area contributed by atoms with Crippen molar-refractivity contribution in [2.75, 3.05) is 7.05 Å². The SMILES string of the molecule is CNC(C)c1ccc(SCc2ccc(C#N)cc2Cl)cc1. The molecule has 0 radical (unpaired) electrons. The molecule has 0 aromatic heterocycles. The standard InChI is InChI=1S/C17H17ClN2S/c1-12(20-2)14-5-7-16(8-6-14)21-11-15-4-3-13(10-19)9-17(15)18/h3-9,12,20H,11H2,1-2H3. The Bertz CT molecular complexity index is 647. The number of rotatable bonds is 5. The second-order valence-electron chi connectivity index (χ2n) is 4.79. The monoisotopic (exact) mass is 316 g/mol. The third-order valence-corrected chi connectivity index (χ3v) is 4.80. The van der Waals surface area contributed by atoms with Crippen molar-refractivity contribution in [3.8, 4) is 6.07 Å². The molecule has 21 heavy (non-hydrogen) atoms. The maximum absolute atomic E-state index is 8.83. The van der Waals surface area contributed by atoms with Gasteiger partial charge in [0.1, 0.15) is 0 Å². The first-order chi connectivity index (χ1) is 10.1. The molecule has 1 atom stereocenters. The summed E-state index contributed by atoms with van der Waals surface area (Å²) in [6, 6.07) is 16.4. The van der Waals surface area contributed by atoms with Crippen LogP contribution in [0.3, 0.4) is 0 Å². The van der Waals surface area contributed by atoms with E-state index >= 15 is 0 Å². The highest BCUT2D eigenvalue weighted by atomic mass is 35.5. The fraction of sp³-hybridized carbons (Fsp3) is 0.235. The minimum absolute atomic E-state index is 0.358. The highest BCUT2D eigenvalue weighted by molar-refractivity contribution is 7.98. The fourth-order valence-electron chi connectivity index (χ4n) is 1.91. The number of halogens is 1. The van der Waals surface area contributed by atoms with Gasteiger partial charge in [-0.05, 0) is 49.4 Å². The molecular weight excluding hydrogens is 300 g/mol. The Hall–Kier alpha value is -1.47. The van der Waals surface area contributed by atoms with E-state index in [0.29, 0.717) is 16.6 Å². The first-order valence-corrected chi connectivity index (χ1v) is 8.09. The van der Waals surface area contributed by atoms with E-state index in [9.17, 15) is 0 Å². The van der Waals surface area contributed by atoms with Gasteiger partial charge in [0.15, 0.2) is 0 Å². The van der Waals surface area contributed by atoms with Crippen molar-refractivity contribution in [1.82, 2.24) is 5.32 Å². The van der Waals surface area contributed by atoms with Gasteiger partial charge < -0.3 is 5.32 Å². The van der Waals surface area contributed by atoms with Crippen LogP contribution in [0.5, 0.6) is 0 Å². The molecule has 108 valence electrons. The van der Waals surface area contributed by atoms with Crippen molar-refractivity contribution >= 4 is 23.4 Å². The van der Waals surface area contributed by atoms with Gasteiger partial charge in [-0.1, -0.05) is 29.8 Å². The Morgan fingerprint density at radius 1 is 1.24 bits per heavy atom. The maximum Gasteiger partial charge on any atom is 0.0992 e. The van der Waals surface area contributed by atoms with Gasteiger partial charge in [-0.25, -0.2) is 0 Å². The van der Waals surface area contributed by atoms with Gasteiger partial charge in [-0.3, -0.25) is 0 Å². The zero-order chi connectivity index (χ0) is 15.2. The Balaban J connectivity index is 2.02. The molecule has 2 rings (SSSR count). The molecule has 0 saturated heterocycles. The van der Waals surface area contributed by atoms with Crippen LogP contribution in [0.1, 0.15) is 29.7 Å². The summed E-state index contributed by atoms with van der Waals surface area (Å²) in [5.74, 6) is 0.797. The summed E-state index contributed by atoms with van der Waals surface area (Å²) in [6.07, 6.45) is 0. The number of hydrogen-bond donors (Lipinski definition) is 1. The molecule has 0 spiro atoms. The number of nitrogens with zero attached hydrogens (tertiary/aromatic N) is 1. The number of thioether (sulfide) groups is 1. The summed E-state index contributed by atoms with van der Waals surface area (Å²) < 4.78 is 0. The van der Waals surface area contributed by atoms with Crippen molar-refractivity contribution in [3.05, 3.63) is 64.2 Å². The van der Waals surface area contributed by atoms with Gasteiger partial charge in [0.25, 0.3) is 0 Å². The highest BCUT2D eigenvalue weighted by Gasteiger charge is 2.05. The van der Waals surface area contributed by atoms with E-state index in [1.54, 1.807) is 23.9 Å². The average Bonchev–Trinajstić information content (AvgIpc) is 2.53. The Morgan fingerprint density at radius 2 is 1.95 bits per heavy atom. The second-order valence-corrected chi connectivity index (χ2v) is 6.24. The average molecular weight is 317 g/mol. The van der Waals surface area contributed by atoms with E-state index in [1.165, 1.54) is 10.5 Å². The maximum atomic E-state index is 8.83. The highest BCUT2D eigenvalue weighted by Crippen LogP contribution is 2.28. The smallest absolute Gasteiger partial charge is 0.0992 e. The van der Waals surface area contributed by atoms with Crippen LogP contribution < -0.4 is 5.32 Å². The lowest BCUT2D eigenvalue weighted by Crippen LogP contribution is -2.11. The fourth-order valence-corrected chi connectivity index (χ4v) is 3.14. The largest absolute Gasteiger partial charge is 0.313 e. The molecule has 2 aromatic rings. The zero-order valence-electron chi connectivity index (χ0n) is 12.1. The van der Waals surface area contributed by atoms with Crippen LogP contribution >= 0.6 is 23.4 Å². The van der Waals surface area contributed by atoms with Crippen LogP contribution in [0.15, 0.2) is 47.4 Å². The van der Waals surface area contributed by atoms with Crippen LogP contribution in [0, 0.1) is 11.3 Å². The first-order valence-electron chi connectivity index (χ1n) is 6.72. The molecule has 0 amide bonds. The summed E-state index contributed by atoms with van der Waals surface area (Å²) in [6.45, 7) is 2.14. The van der Waals surface area contributed by atoms with Gasteiger partial charge in [0, 0.05) is 21.7 Å². The number of nitriles is 1. The number of hydrogen-bond acceptors (Lipinski definition) is 3. The van der Waals surface area contributed by atoms with Crippen LogP contribution in [0.2, 0.25) is 5.02 Å². The van der Waals surface area contributed by atoms with Gasteiger partial charge in [-0.2, -0.15) is 5.26 Å². The molecular formula is C17H17ClN2S. The molecule has 1 N–H and O–H groups in total. The topological polar surface area (TPSA) is 35.8 Å². The van der Waals surface area contributed by atoms with Crippen molar-refractivity contribution in [3.63, 3.8) is 0 Å². The van der Waals surface area contributed by atoms with E-state index in [4.69, 9.17) is 16.9 Å². The summed E-state index contributed by atoms with van der Waals surface area (Å²) in [4.78, 5) is 1.21. The molecule has 0 aliphatic carbocycles. The molecule has 2 nitrogen and oxygen atoms in total. The lowest BCUT2D eigenvalue weighted by Gasteiger charge is -2.11. The summed E-state index contributed by atoms with van der Waals surface area (Å²) in [7, 11) is 1.96. The molecule has 0 heterocycles. The molecule has 1 unspecified atom stereocenters. The Labute approximate surface area is 135 Å². The second kappa shape index (κ2) is 7.51. The first kappa shape index (κ1) is 15.9. The van der Waals surface area contributed by atoms with Crippen molar-refractivity contribution in [2.45, 2.75) is 23.6 Å². The molecule has 0 bridgehead atoms. The molecule has 0 fully saturated rings. The third-order valence-electron chi connectivity index (χ3n) is 3.39. The minimum atomic E-state index is 0.358. The van der Waals surface area contributed by atoms with Crippen LogP contribution in [0.25, 0.3) is 0 Å². The molecule has 0 saturated carbocycles. The summed E-state index contributed by atoms with van der Waals surface area (Å²) in [5.41, 5.74) is 2.92. The van der Waals surface area contributed by atoms with E-state index in [2.05, 4.69) is 42.6 Å². The molecule has 0 aliphatic rings. The minimum Gasteiger partial charge on any atom is -0.313 e. The van der Waals surface area contributed by atoms with E-state index in [0.717, 1.165) is 11.3 Å². The molecule has 0 aliphatic heterocycles. The quantitative estimate of drug-likeness (QED) is 0.806. The number of benzene rings is 2. The van der Waals surface area contributed by atoms with Crippen LogP contribution in [-0.2, 0) is 5.75 Å². The molecule has 4 heteroatoms.